The number of benzene rings is 2. The van der Waals surface area contributed by atoms with Gasteiger partial charge in [-0.05, 0) is 77.6 Å². The third kappa shape index (κ3) is 4.79. The first-order valence-electron chi connectivity index (χ1n) is 6.62. The standard InChI is InChI=1S/C16H14ClIN2O2S/c1-9-3-4-10(7-13(9)18)15(21)20-16(23)19-11-5-6-14(22-2)12(17)8-11/h3-8H,1-2H3,(H2,19,20,21,23). The number of nitrogens with one attached hydrogen (secondary N) is 2. The zero-order valence-corrected chi connectivity index (χ0v) is 16.2. The van der Waals surface area contributed by atoms with Gasteiger partial charge in [0.25, 0.3) is 5.91 Å². The summed E-state index contributed by atoms with van der Waals surface area (Å²) in [5.41, 5.74) is 2.34. The summed E-state index contributed by atoms with van der Waals surface area (Å²) in [6.45, 7) is 1.99. The van der Waals surface area contributed by atoms with Gasteiger partial charge in [0, 0.05) is 14.8 Å². The van der Waals surface area contributed by atoms with E-state index in [-0.39, 0.29) is 11.0 Å². The first kappa shape index (κ1) is 18.0. The highest BCUT2D eigenvalue weighted by atomic mass is 127. The molecule has 2 aromatic carbocycles. The van der Waals surface area contributed by atoms with Crippen molar-refractivity contribution in [1.29, 1.82) is 0 Å². The van der Waals surface area contributed by atoms with Gasteiger partial charge in [0.2, 0.25) is 0 Å². The van der Waals surface area contributed by atoms with E-state index >= 15 is 0 Å². The molecule has 0 bridgehead atoms. The van der Waals surface area contributed by atoms with Gasteiger partial charge in [0.1, 0.15) is 5.75 Å². The number of carbonyl (C=O) groups is 1. The van der Waals surface area contributed by atoms with Crippen LogP contribution in [0.4, 0.5) is 5.69 Å². The number of methoxy groups -OCH3 is 1. The van der Waals surface area contributed by atoms with Gasteiger partial charge < -0.3 is 10.1 Å². The van der Waals surface area contributed by atoms with Crippen molar-refractivity contribution in [2.75, 3.05) is 12.4 Å². The van der Waals surface area contributed by atoms with Crippen molar-refractivity contribution in [3.63, 3.8) is 0 Å². The topological polar surface area (TPSA) is 50.4 Å². The van der Waals surface area contributed by atoms with Gasteiger partial charge in [-0.1, -0.05) is 17.7 Å². The van der Waals surface area contributed by atoms with Crippen LogP contribution in [0, 0.1) is 10.5 Å². The van der Waals surface area contributed by atoms with Crippen LogP contribution in [0.5, 0.6) is 5.75 Å². The first-order chi connectivity index (χ1) is 10.9. The molecule has 0 aliphatic heterocycles. The van der Waals surface area contributed by atoms with Crippen molar-refractivity contribution >= 4 is 63.1 Å². The molecular weight excluding hydrogens is 447 g/mol. The van der Waals surface area contributed by atoms with E-state index < -0.39 is 0 Å². The molecule has 0 unspecified atom stereocenters. The monoisotopic (exact) mass is 460 g/mol. The van der Waals surface area contributed by atoms with Crippen LogP contribution in [0.25, 0.3) is 0 Å². The molecule has 7 heteroatoms. The number of rotatable bonds is 3. The van der Waals surface area contributed by atoms with Gasteiger partial charge in [-0.15, -0.1) is 0 Å². The number of aryl methyl sites for hydroxylation is 1. The fourth-order valence-electron chi connectivity index (χ4n) is 1.82. The Morgan fingerprint density at radius 1 is 1.26 bits per heavy atom. The minimum Gasteiger partial charge on any atom is -0.495 e. The second-order valence-corrected chi connectivity index (χ2v) is 6.70. The van der Waals surface area contributed by atoms with Crippen molar-refractivity contribution in [2.24, 2.45) is 0 Å². The molecule has 23 heavy (non-hydrogen) atoms. The number of hydrogen-bond donors (Lipinski definition) is 2. The molecule has 0 aliphatic carbocycles. The zero-order chi connectivity index (χ0) is 17.0. The van der Waals surface area contributed by atoms with Crippen molar-refractivity contribution < 1.29 is 9.53 Å². The van der Waals surface area contributed by atoms with Gasteiger partial charge in [0.15, 0.2) is 5.11 Å². The van der Waals surface area contributed by atoms with Gasteiger partial charge in [-0.25, -0.2) is 0 Å². The smallest absolute Gasteiger partial charge is 0.257 e. The van der Waals surface area contributed by atoms with Crippen LogP contribution < -0.4 is 15.4 Å². The molecular formula is C16H14ClIN2O2S. The lowest BCUT2D eigenvalue weighted by atomic mass is 10.1. The van der Waals surface area contributed by atoms with Crippen molar-refractivity contribution in [2.45, 2.75) is 6.92 Å². The molecule has 0 aliphatic rings. The predicted molar refractivity (Wildman–Crippen MR) is 106 cm³/mol. The van der Waals surface area contributed by atoms with E-state index in [0.717, 1.165) is 9.13 Å². The third-order valence-electron chi connectivity index (χ3n) is 3.07. The third-order valence-corrected chi connectivity index (χ3v) is 4.73. The average Bonchev–Trinajstić information content (AvgIpc) is 2.50. The summed E-state index contributed by atoms with van der Waals surface area (Å²) in [4.78, 5) is 12.2. The largest absolute Gasteiger partial charge is 0.495 e. The second kappa shape index (κ2) is 7.94. The summed E-state index contributed by atoms with van der Waals surface area (Å²) in [7, 11) is 1.54. The van der Waals surface area contributed by atoms with Crippen LogP contribution in [-0.4, -0.2) is 18.1 Å². The molecule has 120 valence electrons. The van der Waals surface area contributed by atoms with E-state index in [0.29, 0.717) is 22.0 Å². The maximum atomic E-state index is 12.2. The van der Waals surface area contributed by atoms with Crippen LogP contribution in [0.3, 0.4) is 0 Å². The highest BCUT2D eigenvalue weighted by Crippen LogP contribution is 2.27. The lowest BCUT2D eigenvalue weighted by Gasteiger charge is -2.11. The molecule has 4 nitrogen and oxygen atoms in total. The lowest BCUT2D eigenvalue weighted by molar-refractivity contribution is 0.0977. The summed E-state index contributed by atoms with van der Waals surface area (Å²) < 4.78 is 6.11. The molecule has 0 heterocycles. The number of hydrogen-bond acceptors (Lipinski definition) is 3. The average molecular weight is 461 g/mol. The Balaban J connectivity index is 2.02. The van der Waals surface area contributed by atoms with Gasteiger partial charge >= 0.3 is 0 Å². The van der Waals surface area contributed by atoms with E-state index in [1.165, 1.54) is 0 Å². The first-order valence-corrected chi connectivity index (χ1v) is 8.49. The molecule has 0 fully saturated rings. The molecule has 0 radical (unpaired) electrons. The van der Waals surface area contributed by atoms with Crippen LogP contribution >= 0.6 is 46.4 Å². The molecule has 0 atom stereocenters. The number of ether oxygens (including phenoxy) is 1. The Labute approximate surface area is 158 Å². The van der Waals surface area contributed by atoms with Gasteiger partial charge in [0.05, 0.1) is 12.1 Å². The Kier molecular flexibility index (Phi) is 6.20. The molecule has 2 rings (SSSR count). The SMILES string of the molecule is COc1ccc(NC(=S)NC(=O)c2ccc(C)c(I)c2)cc1Cl. The van der Waals surface area contributed by atoms with Crippen LogP contribution in [0.15, 0.2) is 36.4 Å². The molecule has 2 N–H and O–H groups in total. The Bertz CT molecular complexity index is 768. The number of anilines is 1. The maximum absolute atomic E-state index is 12.2. The van der Waals surface area contributed by atoms with Crippen LogP contribution in [0.1, 0.15) is 15.9 Å². The fourth-order valence-corrected chi connectivity index (χ4v) is 2.80. The highest BCUT2D eigenvalue weighted by molar-refractivity contribution is 14.1. The van der Waals surface area contributed by atoms with Gasteiger partial charge in [-0.2, -0.15) is 0 Å². The summed E-state index contributed by atoms with van der Waals surface area (Å²) >= 11 is 13.4. The summed E-state index contributed by atoms with van der Waals surface area (Å²) in [6.07, 6.45) is 0. The molecule has 0 spiro atoms. The minimum atomic E-state index is -0.264. The van der Waals surface area contributed by atoms with E-state index in [1.807, 2.05) is 19.1 Å². The number of halogens is 2. The number of carbonyl (C=O) groups excluding carboxylic acids is 1. The summed E-state index contributed by atoms with van der Waals surface area (Å²) in [5, 5.41) is 6.22. The van der Waals surface area contributed by atoms with Crippen LogP contribution in [0.2, 0.25) is 5.02 Å². The van der Waals surface area contributed by atoms with Crippen molar-refractivity contribution in [3.05, 3.63) is 56.1 Å². The maximum Gasteiger partial charge on any atom is 0.257 e. The van der Waals surface area contributed by atoms with Gasteiger partial charge in [-0.3, -0.25) is 10.1 Å². The number of amides is 1. The van der Waals surface area contributed by atoms with E-state index in [2.05, 4.69) is 33.2 Å². The Morgan fingerprint density at radius 2 is 2.00 bits per heavy atom. The highest BCUT2D eigenvalue weighted by Gasteiger charge is 2.10. The normalized spacial score (nSPS) is 10.1. The molecule has 0 aromatic heterocycles. The fraction of sp³-hybridized carbons (Fsp3) is 0.125. The Morgan fingerprint density at radius 3 is 2.61 bits per heavy atom. The van der Waals surface area contributed by atoms with Crippen molar-refractivity contribution in [1.82, 2.24) is 5.32 Å². The molecule has 0 saturated carbocycles. The van der Waals surface area contributed by atoms with Crippen LogP contribution in [-0.2, 0) is 0 Å². The summed E-state index contributed by atoms with van der Waals surface area (Å²) in [6, 6.07) is 10.6. The quantitative estimate of drug-likeness (QED) is 0.527. The summed E-state index contributed by atoms with van der Waals surface area (Å²) in [5.74, 6) is 0.307. The number of thiocarbonyl (C=S) groups is 1. The van der Waals surface area contributed by atoms with Crippen molar-refractivity contribution in [3.8, 4) is 5.75 Å². The second-order valence-electron chi connectivity index (χ2n) is 4.72. The molecule has 2 aromatic rings. The zero-order valence-electron chi connectivity index (χ0n) is 12.4. The lowest BCUT2D eigenvalue weighted by Crippen LogP contribution is -2.34. The predicted octanol–water partition coefficient (Wildman–Crippen LogP) is 4.39. The minimum absolute atomic E-state index is 0.201. The molecule has 0 saturated heterocycles. The Hall–Kier alpha value is -1.38. The van der Waals surface area contributed by atoms with E-state index in [4.69, 9.17) is 28.6 Å². The van der Waals surface area contributed by atoms with E-state index in [9.17, 15) is 4.79 Å². The molecule has 1 amide bonds. The van der Waals surface area contributed by atoms with E-state index in [1.54, 1.807) is 31.4 Å².